The van der Waals surface area contributed by atoms with Gasteiger partial charge in [0.25, 0.3) is 0 Å². The summed E-state index contributed by atoms with van der Waals surface area (Å²) in [5.74, 6) is -0.0231. The number of pyridine rings is 1. The Kier molecular flexibility index (Phi) is 4.94. The van der Waals surface area contributed by atoms with Crippen LogP contribution in [0.1, 0.15) is 26.2 Å². The van der Waals surface area contributed by atoms with Gasteiger partial charge in [-0.1, -0.05) is 44.0 Å². The third-order valence-corrected chi connectivity index (χ3v) is 4.28. The van der Waals surface area contributed by atoms with Crippen LogP contribution in [0.5, 0.6) is 0 Å². The number of carbonyl (C=O) groups is 1. The predicted molar refractivity (Wildman–Crippen MR) is 98.2 cm³/mol. The van der Waals surface area contributed by atoms with Gasteiger partial charge < -0.3 is 9.88 Å². The summed E-state index contributed by atoms with van der Waals surface area (Å²) in [6.07, 6.45) is 3.24. The van der Waals surface area contributed by atoms with E-state index in [-0.39, 0.29) is 17.9 Å². The average molecular weight is 322 g/mol. The zero-order chi connectivity index (χ0) is 16.9. The highest BCUT2D eigenvalue weighted by Crippen LogP contribution is 2.18. The maximum absolute atomic E-state index is 12.7. The molecule has 24 heavy (non-hydrogen) atoms. The van der Waals surface area contributed by atoms with E-state index < -0.39 is 0 Å². The van der Waals surface area contributed by atoms with Gasteiger partial charge >= 0.3 is 0 Å². The van der Waals surface area contributed by atoms with Crippen LogP contribution in [0, 0.1) is 0 Å². The summed E-state index contributed by atoms with van der Waals surface area (Å²) in [5, 5.41) is 4.27. The van der Waals surface area contributed by atoms with E-state index in [1.165, 1.54) is 0 Å². The molecule has 0 aliphatic rings. The molecule has 0 atom stereocenters. The molecule has 1 heterocycles. The Morgan fingerprint density at radius 1 is 0.958 bits per heavy atom. The van der Waals surface area contributed by atoms with Crippen LogP contribution in [-0.4, -0.2) is 17.0 Å². The van der Waals surface area contributed by atoms with E-state index in [4.69, 9.17) is 0 Å². The van der Waals surface area contributed by atoms with Crippen molar-refractivity contribution in [1.82, 2.24) is 9.88 Å². The highest BCUT2D eigenvalue weighted by molar-refractivity contribution is 5.94. The van der Waals surface area contributed by atoms with E-state index >= 15 is 0 Å². The number of unbranched alkanes of at least 4 members (excludes halogenated alkanes) is 2. The fourth-order valence-electron chi connectivity index (χ4n) is 3.05. The molecule has 0 saturated heterocycles. The zero-order valence-corrected chi connectivity index (χ0v) is 13.9. The number of benzene rings is 2. The maximum atomic E-state index is 12.7. The number of fused-ring (bicyclic) bond motifs is 2. The minimum absolute atomic E-state index is 0.0146. The minimum atomic E-state index is -0.0231. The van der Waals surface area contributed by atoms with Crippen LogP contribution < -0.4 is 10.7 Å². The third-order valence-electron chi connectivity index (χ3n) is 4.28. The molecule has 0 aliphatic heterocycles. The summed E-state index contributed by atoms with van der Waals surface area (Å²) >= 11 is 0. The Morgan fingerprint density at radius 2 is 1.54 bits per heavy atom. The number of para-hydroxylation sites is 2. The Labute approximate surface area is 141 Å². The van der Waals surface area contributed by atoms with Crippen LogP contribution in [0.4, 0.5) is 0 Å². The van der Waals surface area contributed by atoms with Crippen LogP contribution in [0.3, 0.4) is 0 Å². The molecular formula is C20H22N2O2. The summed E-state index contributed by atoms with van der Waals surface area (Å²) in [6, 6.07) is 14.9. The molecule has 4 heteroatoms. The van der Waals surface area contributed by atoms with Gasteiger partial charge in [-0.3, -0.25) is 9.59 Å². The van der Waals surface area contributed by atoms with E-state index in [2.05, 4.69) is 12.2 Å². The molecule has 3 aromatic rings. The van der Waals surface area contributed by atoms with Crippen LogP contribution >= 0.6 is 0 Å². The standard InChI is InChI=1S/C20H22N2O2/c1-2-3-8-13-21-19(23)14-22-17-11-6-4-9-15(17)20(24)16-10-5-7-12-18(16)22/h4-7,9-12H,2-3,8,13-14H2,1H3,(H,21,23). The number of nitrogens with one attached hydrogen (secondary N) is 1. The van der Waals surface area contributed by atoms with Gasteiger partial charge in [-0.15, -0.1) is 0 Å². The number of rotatable bonds is 6. The van der Waals surface area contributed by atoms with Crippen molar-refractivity contribution in [3.63, 3.8) is 0 Å². The van der Waals surface area contributed by atoms with Gasteiger partial charge in [0.15, 0.2) is 5.43 Å². The largest absolute Gasteiger partial charge is 0.355 e. The molecule has 0 spiro atoms. The van der Waals surface area contributed by atoms with Crippen LogP contribution in [0.2, 0.25) is 0 Å². The second-order valence-corrected chi connectivity index (χ2v) is 6.01. The van der Waals surface area contributed by atoms with E-state index in [9.17, 15) is 9.59 Å². The third kappa shape index (κ3) is 3.18. The predicted octanol–water partition coefficient (Wildman–Crippen LogP) is 3.46. The van der Waals surface area contributed by atoms with E-state index in [1.54, 1.807) is 0 Å². The highest BCUT2D eigenvalue weighted by atomic mass is 16.2. The Hall–Kier alpha value is -2.62. The lowest BCUT2D eigenvalue weighted by Gasteiger charge is -2.15. The Morgan fingerprint density at radius 3 is 2.12 bits per heavy atom. The van der Waals surface area contributed by atoms with Gasteiger partial charge in [-0.2, -0.15) is 0 Å². The van der Waals surface area contributed by atoms with Gasteiger partial charge in [0, 0.05) is 17.3 Å². The second-order valence-electron chi connectivity index (χ2n) is 6.01. The first kappa shape index (κ1) is 16.2. The topological polar surface area (TPSA) is 51.1 Å². The second kappa shape index (κ2) is 7.30. The van der Waals surface area contributed by atoms with Crippen molar-refractivity contribution < 1.29 is 4.79 Å². The Bertz CT molecular complexity index is 868. The van der Waals surface area contributed by atoms with Gasteiger partial charge in [0.05, 0.1) is 11.0 Å². The molecule has 1 aromatic heterocycles. The molecule has 0 unspecified atom stereocenters. The summed E-state index contributed by atoms with van der Waals surface area (Å²) in [5.41, 5.74) is 1.61. The molecule has 0 fully saturated rings. The van der Waals surface area contributed by atoms with Gasteiger partial charge in [-0.25, -0.2) is 0 Å². The molecule has 2 aromatic carbocycles. The SMILES string of the molecule is CCCCCNC(=O)Cn1c2ccccc2c(=O)c2ccccc21. The number of hydrogen-bond donors (Lipinski definition) is 1. The summed E-state index contributed by atoms with van der Waals surface area (Å²) in [4.78, 5) is 25.0. The number of nitrogens with zero attached hydrogens (tertiary/aromatic N) is 1. The first-order chi connectivity index (χ1) is 11.7. The van der Waals surface area contributed by atoms with Gasteiger partial charge in [0.2, 0.25) is 5.91 Å². The summed E-state index contributed by atoms with van der Waals surface area (Å²) < 4.78 is 1.93. The maximum Gasteiger partial charge on any atom is 0.239 e. The fraction of sp³-hybridized carbons (Fsp3) is 0.300. The minimum Gasteiger partial charge on any atom is -0.355 e. The van der Waals surface area contributed by atoms with E-state index in [0.29, 0.717) is 17.3 Å². The highest BCUT2D eigenvalue weighted by Gasteiger charge is 2.12. The van der Waals surface area contributed by atoms with Gasteiger partial charge in [0.1, 0.15) is 6.54 Å². The Balaban J connectivity index is 2.00. The first-order valence-corrected chi connectivity index (χ1v) is 8.49. The average Bonchev–Trinajstić information content (AvgIpc) is 2.62. The summed E-state index contributed by atoms with van der Waals surface area (Å²) in [7, 11) is 0. The number of carbonyl (C=O) groups excluding carboxylic acids is 1. The van der Waals surface area contributed by atoms with Crippen molar-refractivity contribution >= 4 is 27.7 Å². The number of aromatic nitrogens is 1. The van der Waals surface area contributed by atoms with Crippen molar-refractivity contribution in [3.8, 4) is 0 Å². The van der Waals surface area contributed by atoms with Crippen molar-refractivity contribution in [2.45, 2.75) is 32.7 Å². The van der Waals surface area contributed by atoms with Crippen LogP contribution in [0.15, 0.2) is 53.3 Å². The smallest absolute Gasteiger partial charge is 0.239 e. The zero-order valence-electron chi connectivity index (χ0n) is 13.9. The van der Waals surface area contributed by atoms with Crippen molar-refractivity contribution in [3.05, 3.63) is 58.8 Å². The first-order valence-electron chi connectivity index (χ1n) is 8.49. The molecule has 4 nitrogen and oxygen atoms in total. The van der Waals surface area contributed by atoms with E-state index in [0.717, 1.165) is 30.3 Å². The number of amides is 1. The molecule has 124 valence electrons. The van der Waals surface area contributed by atoms with Crippen LogP contribution in [-0.2, 0) is 11.3 Å². The van der Waals surface area contributed by atoms with E-state index in [1.807, 2.05) is 53.1 Å². The molecule has 1 N–H and O–H groups in total. The van der Waals surface area contributed by atoms with Gasteiger partial charge in [-0.05, 0) is 30.7 Å². The van der Waals surface area contributed by atoms with Crippen molar-refractivity contribution in [1.29, 1.82) is 0 Å². The molecule has 1 amide bonds. The number of hydrogen-bond acceptors (Lipinski definition) is 2. The molecular weight excluding hydrogens is 300 g/mol. The summed E-state index contributed by atoms with van der Waals surface area (Å²) in [6.45, 7) is 3.05. The quantitative estimate of drug-likeness (QED) is 0.558. The molecule has 0 radical (unpaired) electrons. The lowest BCUT2D eigenvalue weighted by molar-refractivity contribution is -0.121. The van der Waals surface area contributed by atoms with Crippen LogP contribution in [0.25, 0.3) is 21.8 Å². The lowest BCUT2D eigenvalue weighted by Crippen LogP contribution is -2.29. The normalized spacial score (nSPS) is 11.0. The van der Waals surface area contributed by atoms with Crippen molar-refractivity contribution in [2.24, 2.45) is 0 Å². The molecule has 0 bridgehead atoms. The lowest BCUT2D eigenvalue weighted by atomic mass is 10.1. The monoisotopic (exact) mass is 322 g/mol. The molecule has 3 rings (SSSR count). The molecule has 0 aliphatic carbocycles. The fourth-order valence-corrected chi connectivity index (χ4v) is 3.05. The van der Waals surface area contributed by atoms with Crippen molar-refractivity contribution in [2.75, 3.05) is 6.54 Å². The molecule has 0 saturated carbocycles.